The SMILES string of the molecule is N/C(=N\OC(=O)c1ccc(N2C(=O)C=CC2=O)cc1)c1ccc(F)cc1. The molecule has 8 heteroatoms. The second-order valence-electron chi connectivity index (χ2n) is 5.25. The van der Waals surface area contributed by atoms with Gasteiger partial charge in [0.1, 0.15) is 5.82 Å². The van der Waals surface area contributed by atoms with Crippen LogP contribution in [0.15, 0.2) is 65.8 Å². The largest absolute Gasteiger partial charge is 0.380 e. The van der Waals surface area contributed by atoms with Gasteiger partial charge >= 0.3 is 5.97 Å². The van der Waals surface area contributed by atoms with Crippen LogP contribution in [0.4, 0.5) is 10.1 Å². The molecule has 3 rings (SSSR count). The average Bonchev–Trinajstić information content (AvgIpc) is 2.98. The lowest BCUT2D eigenvalue weighted by Gasteiger charge is -2.13. The number of nitrogens with zero attached hydrogens (tertiary/aromatic N) is 2. The fraction of sp³-hybridized carbons (Fsp3) is 0. The molecule has 2 amide bonds. The van der Waals surface area contributed by atoms with Crippen molar-refractivity contribution in [3.63, 3.8) is 0 Å². The number of rotatable bonds is 4. The van der Waals surface area contributed by atoms with Crippen LogP contribution in [0.3, 0.4) is 0 Å². The molecule has 0 saturated carbocycles. The summed E-state index contributed by atoms with van der Waals surface area (Å²) in [6.07, 6.45) is 2.33. The third-order valence-electron chi connectivity index (χ3n) is 3.54. The standard InChI is InChI=1S/C18H12FN3O4/c19-13-5-1-11(2-6-13)17(20)21-26-18(25)12-3-7-14(8-4-12)22-15(23)9-10-16(22)24/h1-10H,(H2,20,21). The number of amides is 2. The first-order valence-corrected chi connectivity index (χ1v) is 7.42. The second kappa shape index (κ2) is 6.98. The number of nitrogens with two attached hydrogens (primary N) is 1. The van der Waals surface area contributed by atoms with Gasteiger partial charge in [-0.25, -0.2) is 14.1 Å². The Morgan fingerprint density at radius 3 is 2.04 bits per heavy atom. The maximum atomic E-state index is 12.9. The number of imide groups is 1. The van der Waals surface area contributed by atoms with E-state index in [4.69, 9.17) is 10.6 Å². The highest BCUT2D eigenvalue weighted by Gasteiger charge is 2.25. The van der Waals surface area contributed by atoms with Crippen LogP contribution in [0.2, 0.25) is 0 Å². The van der Waals surface area contributed by atoms with Gasteiger partial charge in [-0.15, -0.1) is 0 Å². The van der Waals surface area contributed by atoms with Crippen molar-refractivity contribution in [2.45, 2.75) is 0 Å². The molecule has 1 aliphatic rings. The predicted octanol–water partition coefficient (Wildman–Crippen LogP) is 1.73. The molecule has 2 aromatic carbocycles. The van der Waals surface area contributed by atoms with Crippen molar-refractivity contribution in [2.24, 2.45) is 10.9 Å². The van der Waals surface area contributed by atoms with Gasteiger partial charge in [0.15, 0.2) is 5.84 Å². The molecular formula is C18H12FN3O4. The zero-order chi connectivity index (χ0) is 18.7. The summed E-state index contributed by atoms with van der Waals surface area (Å²) in [4.78, 5) is 40.9. The number of oxime groups is 1. The lowest BCUT2D eigenvalue weighted by Crippen LogP contribution is -2.29. The van der Waals surface area contributed by atoms with Crippen LogP contribution in [-0.2, 0) is 14.4 Å². The van der Waals surface area contributed by atoms with E-state index in [0.717, 1.165) is 17.1 Å². The lowest BCUT2D eigenvalue weighted by molar-refractivity contribution is -0.119. The van der Waals surface area contributed by atoms with Crippen molar-refractivity contribution in [3.05, 3.63) is 77.6 Å². The molecule has 0 spiro atoms. The quantitative estimate of drug-likeness (QED) is 0.296. The summed E-state index contributed by atoms with van der Waals surface area (Å²) in [6.45, 7) is 0. The van der Waals surface area contributed by atoms with E-state index >= 15 is 0 Å². The van der Waals surface area contributed by atoms with E-state index in [9.17, 15) is 18.8 Å². The first kappa shape index (κ1) is 17.0. The molecule has 0 atom stereocenters. The van der Waals surface area contributed by atoms with E-state index in [1.54, 1.807) is 0 Å². The third-order valence-corrected chi connectivity index (χ3v) is 3.54. The maximum Gasteiger partial charge on any atom is 0.365 e. The summed E-state index contributed by atoms with van der Waals surface area (Å²) in [5.74, 6) is -2.21. The first-order valence-electron chi connectivity index (χ1n) is 7.42. The number of carbonyl (C=O) groups is 3. The van der Waals surface area contributed by atoms with E-state index in [1.165, 1.54) is 48.5 Å². The lowest BCUT2D eigenvalue weighted by atomic mass is 10.2. The van der Waals surface area contributed by atoms with Crippen LogP contribution >= 0.6 is 0 Å². The van der Waals surface area contributed by atoms with Gasteiger partial charge in [-0.05, 0) is 48.5 Å². The Hall–Kier alpha value is -3.81. The summed E-state index contributed by atoms with van der Waals surface area (Å²) >= 11 is 0. The summed E-state index contributed by atoms with van der Waals surface area (Å²) in [5.41, 5.74) is 6.55. The van der Waals surface area contributed by atoms with E-state index in [2.05, 4.69) is 5.16 Å². The van der Waals surface area contributed by atoms with Crippen molar-refractivity contribution >= 4 is 29.3 Å². The summed E-state index contributed by atoms with van der Waals surface area (Å²) in [7, 11) is 0. The zero-order valence-electron chi connectivity index (χ0n) is 13.3. The fourth-order valence-corrected chi connectivity index (χ4v) is 2.22. The molecule has 0 saturated heterocycles. The summed E-state index contributed by atoms with van der Waals surface area (Å²) in [6, 6.07) is 10.9. The van der Waals surface area contributed by atoms with E-state index in [-0.39, 0.29) is 11.4 Å². The van der Waals surface area contributed by atoms with Gasteiger partial charge < -0.3 is 10.6 Å². The van der Waals surface area contributed by atoms with E-state index < -0.39 is 23.6 Å². The Balaban J connectivity index is 1.68. The van der Waals surface area contributed by atoms with Gasteiger partial charge in [-0.2, -0.15) is 0 Å². The van der Waals surface area contributed by atoms with Gasteiger partial charge in [0.2, 0.25) is 0 Å². The third kappa shape index (κ3) is 3.48. The summed E-state index contributed by atoms with van der Waals surface area (Å²) < 4.78 is 12.9. The zero-order valence-corrected chi connectivity index (χ0v) is 13.3. The average molecular weight is 353 g/mol. The van der Waals surface area contributed by atoms with E-state index in [0.29, 0.717) is 11.3 Å². The van der Waals surface area contributed by atoms with Crippen LogP contribution in [0.1, 0.15) is 15.9 Å². The molecule has 2 N–H and O–H groups in total. The fourth-order valence-electron chi connectivity index (χ4n) is 2.22. The molecule has 1 aliphatic heterocycles. The number of hydrogen-bond acceptors (Lipinski definition) is 5. The smallest absolute Gasteiger partial charge is 0.365 e. The Kier molecular flexibility index (Phi) is 4.57. The predicted molar refractivity (Wildman–Crippen MR) is 90.6 cm³/mol. The van der Waals surface area contributed by atoms with Crippen LogP contribution in [0.5, 0.6) is 0 Å². The van der Waals surface area contributed by atoms with E-state index in [1.807, 2.05) is 0 Å². The van der Waals surface area contributed by atoms with Crippen molar-refractivity contribution in [1.82, 2.24) is 0 Å². The number of halogens is 1. The molecule has 7 nitrogen and oxygen atoms in total. The molecule has 0 aliphatic carbocycles. The Morgan fingerprint density at radius 1 is 0.923 bits per heavy atom. The number of hydrogen-bond donors (Lipinski definition) is 1. The van der Waals surface area contributed by atoms with Crippen LogP contribution in [0, 0.1) is 5.82 Å². The molecule has 130 valence electrons. The molecule has 0 radical (unpaired) electrons. The maximum absolute atomic E-state index is 12.9. The minimum Gasteiger partial charge on any atom is -0.380 e. The topological polar surface area (TPSA) is 102 Å². The van der Waals surface area contributed by atoms with Gasteiger partial charge in [0, 0.05) is 17.7 Å². The molecule has 1 heterocycles. The molecule has 26 heavy (non-hydrogen) atoms. The molecule has 2 aromatic rings. The van der Waals surface area contributed by atoms with Crippen molar-refractivity contribution in [1.29, 1.82) is 0 Å². The molecule has 0 unspecified atom stereocenters. The second-order valence-corrected chi connectivity index (χ2v) is 5.25. The molecule has 0 aromatic heterocycles. The Bertz CT molecular complexity index is 916. The molecule has 0 fully saturated rings. The minimum atomic E-state index is -0.779. The Labute approximate surface area is 147 Å². The van der Waals surface area contributed by atoms with Gasteiger partial charge in [0.05, 0.1) is 11.3 Å². The number of benzene rings is 2. The van der Waals surface area contributed by atoms with Crippen molar-refractivity contribution in [3.8, 4) is 0 Å². The van der Waals surface area contributed by atoms with Crippen LogP contribution in [-0.4, -0.2) is 23.6 Å². The Morgan fingerprint density at radius 2 is 1.46 bits per heavy atom. The van der Waals surface area contributed by atoms with Crippen molar-refractivity contribution in [2.75, 3.05) is 4.90 Å². The first-order chi connectivity index (χ1) is 12.5. The minimum absolute atomic E-state index is 0.0886. The van der Waals surface area contributed by atoms with Gasteiger partial charge in [-0.3, -0.25) is 9.59 Å². The summed E-state index contributed by atoms with van der Waals surface area (Å²) in [5, 5.41) is 3.52. The molecular weight excluding hydrogens is 341 g/mol. The van der Waals surface area contributed by atoms with Gasteiger partial charge in [0.25, 0.3) is 11.8 Å². The monoisotopic (exact) mass is 353 g/mol. The highest BCUT2D eigenvalue weighted by atomic mass is 19.1. The number of carbonyl (C=O) groups excluding carboxylic acids is 3. The number of anilines is 1. The highest BCUT2D eigenvalue weighted by Crippen LogP contribution is 2.19. The number of amidine groups is 1. The highest BCUT2D eigenvalue weighted by molar-refractivity contribution is 6.28. The van der Waals surface area contributed by atoms with Crippen LogP contribution in [0.25, 0.3) is 0 Å². The van der Waals surface area contributed by atoms with Crippen molar-refractivity contribution < 1.29 is 23.6 Å². The molecule has 0 bridgehead atoms. The van der Waals surface area contributed by atoms with Crippen LogP contribution < -0.4 is 10.6 Å². The normalized spacial score (nSPS) is 14.0. The van der Waals surface area contributed by atoms with Gasteiger partial charge in [-0.1, -0.05) is 5.16 Å².